The summed E-state index contributed by atoms with van der Waals surface area (Å²) in [4.78, 5) is 13.1. The third-order valence-corrected chi connectivity index (χ3v) is 7.54. The van der Waals surface area contributed by atoms with Gasteiger partial charge in [-0.1, -0.05) is 41.5 Å². The minimum absolute atomic E-state index is 0.368. The van der Waals surface area contributed by atoms with Crippen molar-refractivity contribution in [3.8, 4) is 0 Å². The van der Waals surface area contributed by atoms with Gasteiger partial charge >= 0.3 is 0 Å². The summed E-state index contributed by atoms with van der Waals surface area (Å²) >= 11 is 0. The second-order valence-electron chi connectivity index (χ2n) is 10.7. The minimum Gasteiger partial charge on any atom is -0.299 e. The molecule has 6 unspecified atom stereocenters. The Kier molecular flexibility index (Phi) is 4.02. The predicted molar refractivity (Wildman–Crippen MR) is 92.6 cm³/mol. The molecule has 0 aromatic heterocycles. The van der Waals surface area contributed by atoms with Crippen LogP contribution in [0.25, 0.3) is 0 Å². The van der Waals surface area contributed by atoms with Crippen LogP contribution in [0.5, 0.6) is 0 Å². The molecule has 126 valence electrons. The number of carbonyl (C=O) groups excluding carboxylic acids is 1. The molecular weight excluding hydrogens is 268 g/mol. The highest BCUT2D eigenvalue weighted by Crippen LogP contribution is 2.57. The van der Waals surface area contributed by atoms with Crippen molar-refractivity contribution in [2.75, 3.05) is 0 Å². The highest BCUT2D eigenvalue weighted by Gasteiger charge is 2.54. The second-order valence-corrected chi connectivity index (χ2v) is 10.7. The number of hydrogen-bond donors (Lipinski definition) is 0. The first-order valence-corrected chi connectivity index (χ1v) is 9.62. The Labute approximate surface area is 137 Å². The fourth-order valence-electron chi connectivity index (χ4n) is 5.92. The van der Waals surface area contributed by atoms with Gasteiger partial charge in [-0.25, -0.2) is 0 Å². The summed E-state index contributed by atoms with van der Waals surface area (Å²) in [5.74, 6) is 4.44. The van der Waals surface area contributed by atoms with Crippen molar-refractivity contribution in [2.24, 2.45) is 46.3 Å². The van der Waals surface area contributed by atoms with Crippen molar-refractivity contribution in [3.05, 3.63) is 0 Å². The van der Waals surface area contributed by atoms with Crippen LogP contribution in [0.3, 0.4) is 0 Å². The lowest BCUT2D eigenvalue weighted by Crippen LogP contribution is -2.33. The van der Waals surface area contributed by atoms with E-state index in [0.717, 1.165) is 23.7 Å². The van der Waals surface area contributed by atoms with Crippen LogP contribution in [0.2, 0.25) is 0 Å². The summed E-state index contributed by atoms with van der Waals surface area (Å²) in [5, 5.41) is 0. The van der Waals surface area contributed by atoms with Crippen LogP contribution in [0.15, 0.2) is 0 Å². The largest absolute Gasteiger partial charge is 0.299 e. The Balaban J connectivity index is 1.75. The Bertz CT molecular complexity index is 396. The van der Waals surface area contributed by atoms with Crippen molar-refractivity contribution in [1.82, 2.24) is 0 Å². The monoisotopic (exact) mass is 304 g/mol. The molecule has 0 bridgehead atoms. The number of rotatable bonds is 0. The molecule has 3 aliphatic rings. The van der Waals surface area contributed by atoms with Crippen molar-refractivity contribution in [1.29, 1.82) is 0 Å². The molecule has 0 aliphatic heterocycles. The van der Waals surface area contributed by atoms with E-state index in [1.807, 2.05) is 0 Å². The zero-order valence-electron chi connectivity index (χ0n) is 15.6. The molecule has 3 fully saturated rings. The van der Waals surface area contributed by atoms with Crippen LogP contribution in [0, 0.1) is 46.3 Å². The summed E-state index contributed by atoms with van der Waals surface area (Å²) in [6.07, 6.45) is 7.70. The van der Waals surface area contributed by atoms with Gasteiger partial charge in [0.05, 0.1) is 0 Å². The molecule has 22 heavy (non-hydrogen) atoms. The lowest BCUT2D eigenvalue weighted by atomic mass is 9.62. The molecule has 0 N–H and O–H groups in total. The van der Waals surface area contributed by atoms with E-state index in [2.05, 4.69) is 41.5 Å². The maximum atomic E-state index is 13.1. The molecule has 0 aromatic rings. The number of carbonyl (C=O) groups is 1. The topological polar surface area (TPSA) is 17.1 Å². The Hall–Kier alpha value is -0.330. The number of ketones is 1. The Morgan fingerprint density at radius 1 is 0.682 bits per heavy atom. The van der Waals surface area contributed by atoms with Crippen LogP contribution < -0.4 is 0 Å². The lowest BCUT2D eigenvalue weighted by molar-refractivity contribution is -0.127. The molecule has 3 saturated carbocycles. The van der Waals surface area contributed by atoms with Gasteiger partial charge in [-0.05, 0) is 73.0 Å². The highest BCUT2D eigenvalue weighted by molar-refractivity contribution is 5.86. The van der Waals surface area contributed by atoms with E-state index in [4.69, 9.17) is 0 Å². The van der Waals surface area contributed by atoms with Gasteiger partial charge < -0.3 is 0 Å². The summed E-state index contributed by atoms with van der Waals surface area (Å²) in [6, 6.07) is 0. The molecule has 0 saturated heterocycles. The average Bonchev–Trinajstić information content (AvgIpc) is 2.70. The van der Waals surface area contributed by atoms with E-state index in [1.54, 1.807) is 0 Å². The van der Waals surface area contributed by atoms with Crippen LogP contribution >= 0.6 is 0 Å². The van der Waals surface area contributed by atoms with Crippen LogP contribution in [-0.4, -0.2) is 5.78 Å². The summed E-state index contributed by atoms with van der Waals surface area (Å²) < 4.78 is 0. The van der Waals surface area contributed by atoms with Gasteiger partial charge in [0.15, 0.2) is 0 Å². The van der Waals surface area contributed by atoms with Crippen molar-refractivity contribution < 1.29 is 4.79 Å². The van der Waals surface area contributed by atoms with Crippen LogP contribution in [0.4, 0.5) is 0 Å². The molecule has 0 heterocycles. The third kappa shape index (κ3) is 2.78. The van der Waals surface area contributed by atoms with Gasteiger partial charge in [-0.15, -0.1) is 0 Å². The van der Waals surface area contributed by atoms with Gasteiger partial charge in [-0.3, -0.25) is 4.79 Å². The maximum Gasteiger partial charge on any atom is 0.139 e. The molecule has 3 aliphatic carbocycles. The SMILES string of the molecule is CC(C)(C)C1CCC2C(C1)C(=O)C1CC(C(C)(C)C)CCC12. The fraction of sp³-hybridized carbons (Fsp3) is 0.952. The smallest absolute Gasteiger partial charge is 0.139 e. The lowest BCUT2D eigenvalue weighted by Gasteiger charge is -2.42. The van der Waals surface area contributed by atoms with Gasteiger partial charge in [0, 0.05) is 11.8 Å². The average molecular weight is 305 g/mol. The molecule has 1 heteroatoms. The summed E-state index contributed by atoms with van der Waals surface area (Å²) in [5.41, 5.74) is 0.736. The van der Waals surface area contributed by atoms with Crippen molar-refractivity contribution in [3.63, 3.8) is 0 Å². The molecule has 6 atom stereocenters. The predicted octanol–water partition coefficient (Wildman–Crippen LogP) is 5.73. The van der Waals surface area contributed by atoms with Gasteiger partial charge in [-0.2, -0.15) is 0 Å². The Morgan fingerprint density at radius 3 is 1.36 bits per heavy atom. The Morgan fingerprint density at radius 2 is 1.05 bits per heavy atom. The van der Waals surface area contributed by atoms with Crippen molar-refractivity contribution in [2.45, 2.75) is 80.1 Å². The first-order chi connectivity index (χ1) is 10.1. The van der Waals surface area contributed by atoms with Crippen LogP contribution in [-0.2, 0) is 4.79 Å². The van der Waals surface area contributed by atoms with E-state index in [-0.39, 0.29) is 0 Å². The third-order valence-electron chi connectivity index (χ3n) is 7.54. The van der Waals surface area contributed by atoms with E-state index < -0.39 is 0 Å². The van der Waals surface area contributed by atoms with E-state index in [9.17, 15) is 4.79 Å². The van der Waals surface area contributed by atoms with Gasteiger partial charge in [0.2, 0.25) is 0 Å². The van der Waals surface area contributed by atoms with Gasteiger partial charge in [0.1, 0.15) is 5.78 Å². The first-order valence-electron chi connectivity index (χ1n) is 9.62. The fourth-order valence-corrected chi connectivity index (χ4v) is 5.92. The molecule has 1 nitrogen and oxygen atoms in total. The van der Waals surface area contributed by atoms with Crippen LogP contribution in [0.1, 0.15) is 80.1 Å². The second kappa shape index (κ2) is 5.35. The van der Waals surface area contributed by atoms with E-state index in [0.29, 0.717) is 28.4 Å². The molecular formula is C21H36O. The number of hydrogen-bond acceptors (Lipinski definition) is 1. The van der Waals surface area contributed by atoms with Crippen molar-refractivity contribution >= 4 is 5.78 Å². The molecule has 0 spiro atoms. The van der Waals surface area contributed by atoms with E-state index >= 15 is 0 Å². The molecule has 0 amide bonds. The molecule has 0 aromatic carbocycles. The zero-order valence-corrected chi connectivity index (χ0v) is 15.6. The minimum atomic E-state index is 0.368. The van der Waals surface area contributed by atoms with E-state index in [1.165, 1.54) is 38.5 Å². The quantitative estimate of drug-likeness (QED) is 0.559. The number of fused-ring (bicyclic) bond motifs is 3. The van der Waals surface area contributed by atoms with Gasteiger partial charge in [0.25, 0.3) is 0 Å². The molecule has 0 radical (unpaired) electrons. The standard InChI is InChI=1S/C21H36O/c1-20(2,3)13-7-9-15-16-10-8-14(21(4,5)6)12-18(16)19(22)17(15)11-13/h13-18H,7-12H2,1-6H3. The zero-order chi connectivity index (χ0) is 16.3. The first kappa shape index (κ1) is 16.5. The molecule has 3 rings (SSSR count). The normalized spacial score (nSPS) is 42.9. The highest BCUT2D eigenvalue weighted by atomic mass is 16.1. The number of Topliss-reactive ketones (excluding diaryl/α,β-unsaturated/α-hetero) is 1. The summed E-state index contributed by atoms with van der Waals surface area (Å²) in [7, 11) is 0. The summed E-state index contributed by atoms with van der Waals surface area (Å²) in [6.45, 7) is 14.2. The maximum absolute atomic E-state index is 13.1.